The highest BCUT2D eigenvalue weighted by molar-refractivity contribution is 5.96. The van der Waals surface area contributed by atoms with Crippen LogP contribution >= 0.6 is 0 Å². The van der Waals surface area contributed by atoms with Gasteiger partial charge in [0.25, 0.3) is 0 Å². The number of carbonyl (C=O) groups is 1. The van der Waals surface area contributed by atoms with Crippen molar-refractivity contribution in [2.45, 2.75) is 46.5 Å². The van der Waals surface area contributed by atoms with Gasteiger partial charge in [-0.1, -0.05) is 70.4 Å². The molecule has 0 aliphatic rings. The predicted octanol–water partition coefficient (Wildman–Crippen LogP) is 4.72. The second kappa shape index (κ2) is 7.26. The summed E-state index contributed by atoms with van der Waals surface area (Å²) in [5.41, 5.74) is 0.850. The van der Waals surface area contributed by atoms with Crippen LogP contribution in [0.3, 0.4) is 0 Å². The summed E-state index contributed by atoms with van der Waals surface area (Å²) in [6.07, 6.45) is 4.35. The largest absolute Gasteiger partial charge is 0.294 e. The van der Waals surface area contributed by atoms with Crippen LogP contribution < -0.4 is 0 Å². The SMILES string of the molecule is CC(C)CCC[C@H](C)CC(=O)c1ccccc1. The summed E-state index contributed by atoms with van der Waals surface area (Å²) in [5.74, 6) is 1.55. The first-order chi connectivity index (χ1) is 8.09. The Morgan fingerprint density at radius 2 is 1.71 bits per heavy atom. The van der Waals surface area contributed by atoms with Crippen molar-refractivity contribution in [2.24, 2.45) is 11.8 Å². The molecule has 1 heteroatoms. The van der Waals surface area contributed by atoms with Crippen molar-refractivity contribution in [1.82, 2.24) is 0 Å². The van der Waals surface area contributed by atoms with Crippen molar-refractivity contribution in [3.63, 3.8) is 0 Å². The normalized spacial score (nSPS) is 12.7. The third-order valence-corrected chi connectivity index (χ3v) is 3.11. The molecule has 0 aromatic heterocycles. The summed E-state index contributed by atoms with van der Waals surface area (Å²) in [4.78, 5) is 12.0. The average Bonchev–Trinajstić information content (AvgIpc) is 2.29. The van der Waals surface area contributed by atoms with Gasteiger partial charge in [0, 0.05) is 12.0 Å². The lowest BCUT2D eigenvalue weighted by Crippen LogP contribution is -2.06. The topological polar surface area (TPSA) is 17.1 Å². The van der Waals surface area contributed by atoms with E-state index in [1.165, 1.54) is 12.8 Å². The summed E-state index contributed by atoms with van der Waals surface area (Å²) in [7, 11) is 0. The van der Waals surface area contributed by atoms with E-state index in [9.17, 15) is 4.79 Å². The molecule has 1 aromatic carbocycles. The minimum atomic E-state index is 0.280. The lowest BCUT2D eigenvalue weighted by molar-refractivity contribution is 0.0962. The molecule has 1 atom stereocenters. The van der Waals surface area contributed by atoms with E-state index in [1.807, 2.05) is 30.3 Å². The minimum Gasteiger partial charge on any atom is -0.294 e. The van der Waals surface area contributed by atoms with Gasteiger partial charge in [-0.05, 0) is 11.8 Å². The molecule has 1 rings (SSSR count). The van der Waals surface area contributed by atoms with Gasteiger partial charge < -0.3 is 0 Å². The molecule has 0 radical (unpaired) electrons. The van der Waals surface area contributed by atoms with Gasteiger partial charge in [-0.15, -0.1) is 0 Å². The lowest BCUT2D eigenvalue weighted by atomic mass is 9.93. The van der Waals surface area contributed by atoms with E-state index in [4.69, 9.17) is 0 Å². The first kappa shape index (κ1) is 14.0. The second-order valence-electron chi connectivity index (χ2n) is 5.42. The summed E-state index contributed by atoms with van der Waals surface area (Å²) in [6, 6.07) is 9.61. The highest BCUT2D eigenvalue weighted by atomic mass is 16.1. The highest BCUT2D eigenvalue weighted by Crippen LogP contribution is 2.17. The fourth-order valence-electron chi connectivity index (χ4n) is 2.04. The molecule has 0 amide bonds. The molecule has 0 saturated carbocycles. The van der Waals surface area contributed by atoms with Crippen molar-refractivity contribution in [1.29, 1.82) is 0 Å². The number of Topliss-reactive ketones (excluding diaryl/α,β-unsaturated/α-hetero) is 1. The maximum absolute atomic E-state index is 12.0. The molecule has 1 aromatic rings. The van der Waals surface area contributed by atoms with Crippen molar-refractivity contribution < 1.29 is 4.79 Å². The fraction of sp³-hybridized carbons (Fsp3) is 0.562. The summed E-state index contributed by atoms with van der Waals surface area (Å²) in [6.45, 7) is 6.68. The Labute approximate surface area is 105 Å². The molecule has 0 N–H and O–H groups in total. The standard InChI is InChI=1S/C16H24O/c1-13(2)8-7-9-14(3)12-16(17)15-10-5-4-6-11-15/h4-6,10-11,13-14H,7-9,12H2,1-3H3/t14-/m0/s1. The average molecular weight is 232 g/mol. The Hall–Kier alpha value is -1.11. The number of hydrogen-bond acceptors (Lipinski definition) is 1. The van der Waals surface area contributed by atoms with Crippen LogP contribution in [0.2, 0.25) is 0 Å². The van der Waals surface area contributed by atoms with E-state index in [0.29, 0.717) is 12.3 Å². The fourth-order valence-corrected chi connectivity index (χ4v) is 2.04. The van der Waals surface area contributed by atoms with Crippen LogP contribution in [-0.2, 0) is 0 Å². The molecular weight excluding hydrogens is 208 g/mol. The molecule has 0 spiro atoms. The molecule has 0 aliphatic heterocycles. The molecule has 0 bridgehead atoms. The van der Waals surface area contributed by atoms with E-state index in [-0.39, 0.29) is 5.78 Å². The predicted molar refractivity (Wildman–Crippen MR) is 73.2 cm³/mol. The van der Waals surface area contributed by atoms with E-state index in [2.05, 4.69) is 20.8 Å². The maximum atomic E-state index is 12.0. The molecule has 0 heterocycles. The molecule has 94 valence electrons. The third kappa shape index (κ3) is 5.67. The molecule has 1 nitrogen and oxygen atoms in total. The Bertz CT molecular complexity index is 327. The van der Waals surface area contributed by atoms with Crippen LogP contribution in [0.5, 0.6) is 0 Å². The Morgan fingerprint density at radius 3 is 2.29 bits per heavy atom. The van der Waals surface area contributed by atoms with Crippen LogP contribution in [0.1, 0.15) is 56.8 Å². The summed E-state index contributed by atoms with van der Waals surface area (Å²) < 4.78 is 0. The molecule has 17 heavy (non-hydrogen) atoms. The van der Waals surface area contributed by atoms with Crippen LogP contribution in [-0.4, -0.2) is 5.78 Å². The number of benzene rings is 1. The van der Waals surface area contributed by atoms with E-state index in [1.54, 1.807) is 0 Å². The first-order valence-electron chi connectivity index (χ1n) is 6.68. The van der Waals surface area contributed by atoms with Gasteiger partial charge in [0.1, 0.15) is 0 Å². The van der Waals surface area contributed by atoms with Crippen molar-refractivity contribution in [2.75, 3.05) is 0 Å². The third-order valence-electron chi connectivity index (χ3n) is 3.11. The number of rotatable bonds is 7. The van der Waals surface area contributed by atoms with Gasteiger partial charge in [-0.2, -0.15) is 0 Å². The van der Waals surface area contributed by atoms with Crippen molar-refractivity contribution >= 4 is 5.78 Å². The Balaban J connectivity index is 2.31. The van der Waals surface area contributed by atoms with E-state index < -0.39 is 0 Å². The Morgan fingerprint density at radius 1 is 1.06 bits per heavy atom. The molecular formula is C16H24O. The number of hydrogen-bond donors (Lipinski definition) is 0. The smallest absolute Gasteiger partial charge is 0.163 e. The highest BCUT2D eigenvalue weighted by Gasteiger charge is 2.10. The zero-order valence-electron chi connectivity index (χ0n) is 11.3. The van der Waals surface area contributed by atoms with Gasteiger partial charge in [-0.3, -0.25) is 4.79 Å². The van der Waals surface area contributed by atoms with Gasteiger partial charge in [0.15, 0.2) is 5.78 Å². The van der Waals surface area contributed by atoms with Gasteiger partial charge in [-0.25, -0.2) is 0 Å². The van der Waals surface area contributed by atoms with Crippen LogP contribution in [0.15, 0.2) is 30.3 Å². The lowest BCUT2D eigenvalue weighted by Gasteiger charge is -2.11. The van der Waals surface area contributed by atoms with Crippen molar-refractivity contribution in [3.8, 4) is 0 Å². The zero-order chi connectivity index (χ0) is 12.7. The van der Waals surface area contributed by atoms with E-state index in [0.717, 1.165) is 17.9 Å². The summed E-state index contributed by atoms with van der Waals surface area (Å²) >= 11 is 0. The first-order valence-corrected chi connectivity index (χ1v) is 6.68. The second-order valence-corrected chi connectivity index (χ2v) is 5.42. The molecule has 0 aliphatic carbocycles. The van der Waals surface area contributed by atoms with Crippen LogP contribution in [0.25, 0.3) is 0 Å². The molecule has 0 fully saturated rings. The monoisotopic (exact) mass is 232 g/mol. The molecule has 0 saturated heterocycles. The van der Waals surface area contributed by atoms with Gasteiger partial charge in [0.05, 0.1) is 0 Å². The van der Waals surface area contributed by atoms with Crippen LogP contribution in [0.4, 0.5) is 0 Å². The van der Waals surface area contributed by atoms with Crippen LogP contribution in [0, 0.1) is 11.8 Å². The minimum absolute atomic E-state index is 0.280. The Kier molecular flexibility index (Phi) is 5.96. The zero-order valence-corrected chi connectivity index (χ0v) is 11.3. The van der Waals surface area contributed by atoms with Gasteiger partial charge >= 0.3 is 0 Å². The van der Waals surface area contributed by atoms with E-state index >= 15 is 0 Å². The van der Waals surface area contributed by atoms with Crippen molar-refractivity contribution in [3.05, 3.63) is 35.9 Å². The maximum Gasteiger partial charge on any atom is 0.163 e. The van der Waals surface area contributed by atoms with Gasteiger partial charge in [0.2, 0.25) is 0 Å². The quantitative estimate of drug-likeness (QED) is 0.621. The number of carbonyl (C=O) groups excluding carboxylic acids is 1. The molecule has 0 unspecified atom stereocenters. The number of ketones is 1. The summed E-state index contributed by atoms with van der Waals surface area (Å²) in [5, 5.41) is 0.